The fraction of sp³-hybridized carbons (Fsp3) is 0.469. The van der Waals surface area contributed by atoms with Crippen molar-refractivity contribution in [3.63, 3.8) is 0 Å². The molecule has 8 nitrogen and oxygen atoms in total. The van der Waals surface area contributed by atoms with Gasteiger partial charge in [-0.15, -0.1) is 0 Å². The first-order valence-corrected chi connectivity index (χ1v) is 13.8. The van der Waals surface area contributed by atoms with E-state index in [9.17, 15) is 19.5 Å². The van der Waals surface area contributed by atoms with Crippen LogP contribution >= 0.6 is 0 Å². The number of carbonyl (C=O) groups excluding carboxylic acids is 3. The van der Waals surface area contributed by atoms with Gasteiger partial charge < -0.3 is 24.1 Å². The highest BCUT2D eigenvalue weighted by Crippen LogP contribution is 2.42. The van der Waals surface area contributed by atoms with Crippen molar-refractivity contribution in [2.45, 2.75) is 78.2 Å². The molecule has 0 saturated carbocycles. The molecule has 2 aromatic carbocycles. The van der Waals surface area contributed by atoms with Crippen LogP contribution in [0.25, 0.3) is 0 Å². The standard InChI is InChI=1S/C32H40O8/c1-6-10-24-27(14-12-22(21(3)33)30(24)36)38-18-8-9-19-39-28-15-13-23-26(34)20-32(4,17-16-29(35)37-5)40-31(23)25(28)11-7-2/h8-9,12-15,36H,6-7,10-11,16-20H2,1-5H3/b9-8+. The van der Waals surface area contributed by atoms with Crippen LogP contribution in [0.4, 0.5) is 0 Å². The molecule has 0 spiro atoms. The summed E-state index contributed by atoms with van der Waals surface area (Å²) in [6.07, 6.45) is 7.31. The lowest BCUT2D eigenvalue weighted by Crippen LogP contribution is -2.40. The third-order valence-electron chi connectivity index (χ3n) is 6.94. The molecule has 0 aromatic heterocycles. The van der Waals surface area contributed by atoms with Gasteiger partial charge in [0.2, 0.25) is 0 Å². The van der Waals surface area contributed by atoms with Gasteiger partial charge in [0.25, 0.3) is 0 Å². The van der Waals surface area contributed by atoms with Crippen molar-refractivity contribution < 1.29 is 38.4 Å². The second-order valence-corrected chi connectivity index (χ2v) is 10.2. The number of benzene rings is 2. The summed E-state index contributed by atoms with van der Waals surface area (Å²) in [5, 5.41) is 10.5. The monoisotopic (exact) mass is 552 g/mol. The summed E-state index contributed by atoms with van der Waals surface area (Å²) >= 11 is 0. The predicted molar refractivity (Wildman–Crippen MR) is 152 cm³/mol. The maximum atomic E-state index is 13.0. The molecule has 0 saturated heterocycles. The van der Waals surface area contributed by atoms with E-state index in [2.05, 4.69) is 6.92 Å². The topological polar surface area (TPSA) is 108 Å². The summed E-state index contributed by atoms with van der Waals surface area (Å²) in [6.45, 7) is 7.87. The summed E-state index contributed by atoms with van der Waals surface area (Å²) in [5.41, 5.74) is 1.50. The Morgan fingerprint density at radius 1 is 1.00 bits per heavy atom. The van der Waals surface area contributed by atoms with Gasteiger partial charge in [-0.25, -0.2) is 0 Å². The summed E-state index contributed by atoms with van der Waals surface area (Å²) < 4.78 is 23.1. The van der Waals surface area contributed by atoms with Gasteiger partial charge >= 0.3 is 5.97 Å². The fourth-order valence-electron chi connectivity index (χ4n) is 4.83. The van der Waals surface area contributed by atoms with Gasteiger partial charge in [0.15, 0.2) is 11.6 Å². The van der Waals surface area contributed by atoms with Gasteiger partial charge in [-0.2, -0.15) is 0 Å². The number of ether oxygens (including phenoxy) is 4. The van der Waals surface area contributed by atoms with Crippen molar-refractivity contribution in [3.05, 3.63) is 58.7 Å². The second kappa shape index (κ2) is 14.0. The Morgan fingerprint density at radius 2 is 1.60 bits per heavy atom. The molecule has 0 radical (unpaired) electrons. The van der Waals surface area contributed by atoms with Crippen molar-refractivity contribution in [1.82, 2.24) is 0 Å². The zero-order valence-corrected chi connectivity index (χ0v) is 24.1. The molecule has 0 amide bonds. The number of rotatable bonds is 14. The van der Waals surface area contributed by atoms with E-state index in [1.807, 2.05) is 32.1 Å². The molecular weight excluding hydrogens is 512 g/mol. The average Bonchev–Trinajstić information content (AvgIpc) is 2.92. The maximum Gasteiger partial charge on any atom is 0.305 e. The van der Waals surface area contributed by atoms with E-state index in [0.717, 1.165) is 18.4 Å². The van der Waals surface area contributed by atoms with Crippen LogP contribution in [0.1, 0.15) is 91.6 Å². The average molecular weight is 553 g/mol. The Balaban J connectivity index is 1.68. The number of Topliss-reactive ketones (excluding diaryl/α,β-unsaturated/α-hetero) is 2. The van der Waals surface area contributed by atoms with Crippen molar-refractivity contribution in [1.29, 1.82) is 0 Å². The molecule has 1 aliphatic heterocycles. The first-order chi connectivity index (χ1) is 19.1. The van der Waals surface area contributed by atoms with Crippen molar-refractivity contribution in [2.75, 3.05) is 20.3 Å². The highest BCUT2D eigenvalue weighted by atomic mass is 16.5. The van der Waals surface area contributed by atoms with E-state index in [0.29, 0.717) is 53.2 Å². The summed E-state index contributed by atoms with van der Waals surface area (Å²) in [4.78, 5) is 36.4. The number of carbonyl (C=O) groups is 3. The van der Waals surface area contributed by atoms with E-state index in [1.165, 1.54) is 14.0 Å². The van der Waals surface area contributed by atoms with Crippen LogP contribution in [0.2, 0.25) is 0 Å². The smallest absolute Gasteiger partial charge is 0.305 e. The normalized spacial score (nSPS) is 16.4. The van der Waals surface area contributed by atoms with Crippen molar-refractivity contribution >= 4 is 17.5 Å². The van der Waals surface area contributed by atoms with E-state index >= 15 is 0 Å². The van der Waals surface area contributed by atoms with E-state index < -0.39 is 5.60 Å². The number of phenolic OH excluding ortho intramolecular Hbond substituents is 1. The molecule has 216 valence electrons. The molecule has 0 aliphatic carbocycles. The summed E-state index contributed by atoms with van der Waals surface area (Å²) in [7, 11) is 1.35. The molecule has 1 heterocycles. The van der Waals surface area contributed by atoms with Crippen LogP contribution in [0.3, 0.4) is 0 Å². The Bertz CT molecular complexity index is 1260. The minimum atomic E-state index is -0.801. The number of fused-ring (bicyclic) bond motifs is 1. The molecule has 0 bridgehead atoms. The molecule has 8 heteroatoms. The molecule has 3 rings (SSSR count). The Morgan fingerprint density at radius 3 is 2.20 bits per heavy atom. The Labute approximate surface area is 236 Å². The van der Waals surface area contributed by atoms with E-state index in [-0.39, 0.29) is 49.3 Å². The lowest BCUT2D eigenvalue weighted by molar-refractivity contribution is -0.141. The third kappa shape index (κ3) is 7.43. The van der Waals surface area contributed by atoms with Crippen molar-refractivity contribution in [3.8, 4) is 23.0 Å². The predicted octanol–water partition coefficient (Wildman–Crippen LogP) is 6.19. The lowest BCUT2D eigenvalue weighted by Gasteiger charge is -2.36. The van der Waals surface area contributed by atoms with Gasteiger partial charge in [0.05, 0.1) is 24.7 Å². The van der Waals surface area contributed by atoms with Gasteiger partial charge in [0, 0.05) is 17.5 Å². The first kappa shape index (κ1) is 30.7. The second-order valence-electron chi connectivity index (χ2n) is 10.2. The molecular formula is C32H40O8. The number of phenols is 1. The lowest BCUT2D eigenvalue weighted by atomic mass is 9.86. The van der Waals surface area contributed by atoms with Crippen LogP contribution in [0.5, 0.6) is 23.0 Å². The molecule has 2 aromatic rings. The van der Waals surface area contributed by atoms with Crippen LogP contribution in [0, 0.1) is 0 Å². The SMILES string of the molecule is CCCc1c(OC/C=C/COc2ccc3c(c2CCC)OC(C)(CCC(=O)OC)CC3=O)ccc(C(C)=O)c1O. The van der Waals surface area contributed by atoms with Gasteiger partial charge in [-0.05, 0) is 69.5 Å². The Kier molecular flexibility index (Phi) is 10.8. The minimum absolute atomic E-state index is 0.0145. The van der Waals surface area contributed by atoms with Crippen LogP contribution in [0.15, 0.2) is 36.4 Å². The van der Waals surface area contributed by atoms with E-state index in [1.54, 1.807) is 18.2 Å². The third-order valence-corrected chi connectivity index (χ3v) is 6.94. The van der Waals surface area contributed by atoms with Gasteiger partial charge in [-0.1, -0.05) is 26.7 Å². The molecule has 40 heavy (non-hydrogen) atoms. The molecule has 1 atom stereocenters. The number of aromatic hydroxyl groups is 1. The number of hydrogen-bond donors (Lipinski definition) is 1. The number of esters is 1. The van der Waals surface area contributed by atoms with Crippen molar-refractivity contribution in [2.24, 2.45) is 0 Å². The largest absolute Gasteiger partial charge is 0.507 e. The van der Waals surface area contributed by atoms with Gasteiger partial charge in [0.1, 0.15) is 41.8 Å². The zero-order chi connectivity index (χ0) is 29.3. The first-order valence-electron chi connectivity index (χ1n) is 13.8. The fourth-order valence-corrected chi connectivity index (χ4v) is 4.83. The van der Waals surface area contributed by atoms with Crippen LogP contribution < -0.4 is 14.2 Å². The van der Waals surface area contributed by atoms with Crippen LogP contribution in [-0.4, -0.2) is 48.6 Å². The minimum Gasteiger partial charge on any atom is -0.507 e. The summed E-state index contributed by atoms with van der Waals surface area (Å²) in [5.74, 6) is 1.17. The van der Waals surface area contributed by atoms with Gasteiger partial charge in [-0.3, -0.25) is 14.4 Å². The molecule has 1 N–H and O–H groups in total. The molecule has 1 unspecified atom stereocenters. The molecule has 1 aliphatic rings. The number of hydrogen-bond acceptors (Lipinski definition) is 8. The Hall–Kier alpha value is -3.81. The highest BCUT2D eigenvalue weighted by Gasteiger charge is 2.38. The van der Waals surface area contributed by atoms with E-state index in [4.69, 9.17) is 18.9 Å². The number of ketones is 2. The highest BCUT2D eigenvalue weighted by molar-refractivity contribution is 6.01. The zero-order valence-electron chi connectivity index (χ0n) is 24.1. The van der Waals surface area contributed by atoms with Crippen LogP contribution in [-0.2, 0) is 22.4 Å². The quantitative estimate of drug-likeness (QED) is 0.168. The number of methoxy groups -OCH3 is 1. The maximum absolute atomic E-state index is 13.0. The molecule has 0 fully saturated rings. The summed E-state index contributed by atoms with van der Waals surface area (Å²) in [6, 6.07) is 6.85.